The molecule has 6 heteroatoms. The van der Waals surface area contributed by atoms with Crippen molar-refractivity contribution in [3.63, 3.8) is 0 Å². The van der Waals surface area contributed by atoms with Crippen LogP contribution in [0.4, 0.5) is 5.69 Å². The van der Waals surface area contributed by atoms with Crippen LogP contribution in [0.5, 0.6) is 0 Å². The maximum absolute atomic E-state index is 13.0. The Bertz CT molecular complexity index is 725. The van der Waals surface area contributed by atoms with Gasteiger partial charge in [-0.3, -0.25) is 14.4 Å². The average molecular weight is 358 g/mol. The Labute approximate surface area is 153 Å². The van der Waals surface area contributed by atoms with Gasteiger partial charge >= 0.3 is 5.97 Å². The minimum atomic E-state index is -0.960. The lowest BCUT2D eigenvalue weighted by Crippen LogP contribution is -2.42. The van der Waals surface area contributed by atoms with Crippen molar-refractivity contribution in [3.05, 3.63) is 29.3 Å². The molecule has 1 aliphatic heterocycles. The van der Waals surface area contributed by atoms with Crippen molar-refractivity contribution in [2.45, 2.75) is 51.9 Å². The van der Waals surface area contributed by atoms with Gasteiger partial charge in [-0.2, -0.15) is 0 Å². The third-order valence-corrected chi connectivity index (χ3v) is 5.84. The monoisotopic (exact) mass is 358 g/mol. The van der Waals surface area contributed by atoms with E-state index in [9.17, 15) is 19.5 Å². The second kappa shape index (κ2) is 7.48. The predicted octanol–water partition coefficient (Wildman–Crippen LogP) is 2.97. The third-order valence-electron chi connectivity index (χ3n) is 5.84. The summed E-state index contributed by atoms with van der Waals surface area (Å²) in [4.78, 5) is 36.5. The van der Waals surface area contributed by atoms with E-state index in [0.717, 1.165) is 44.1 Å². The fourth-order valence-electron chi connectivity index (χ4n) is 4.23. The first-order valence-electron chi connectivity index (χ1n) is 9.34. The summed E-state index contributed by atoms with van der Waals surface area (Å²) in [5.74, 6) is -1.31. The molecule has 1 saturated carbocycles. The first-order chi connectivity index (χ1) is 12.4. The largest absolute Gasteiger partial charge is 0.481 e. The van der Waals surface area contributed by atoms with Gasteiger partial charge in [0.05, 0.1) is 11.8 Å². The molecule has 2 aliphatic rings. The number of carbonyl (C=O) groups is 3. The van der Waals surface area contributed by atoms with Crippen LogP contribution in [0.3, 0.4) is 0 Å². The molecule has 1 heterocycles. The summed E-state index contributed by atoms with van der Waals surface area (Å²) in [5, 5.41) is 15.0. The maximum Gasteiger partial charge on any atom is 0.304 e. The van der Waals surface area contributed by atoms with Crippen LogP contribution >= 0.6 is 0 Å². The van der Waals surface area contributed by atoms with E-state index in [2.05, 4.69) is 10.6 Å². The number of aliphatic carboxylic acids is 1. The number of nitrogens with one attached hydrogen (secondary N) is 2. The summed E-state index contributed by atoms with van der Waals surface area (Å²) < 4.78 is 0. The second-order valence-electron chi connectivity index (χ2n) is 7.65. The van der Waals surface area contributed by atoms with Crippen LogP contribution in [0.15, 0.2) is 18.2 Å². The molecule has 1 aromatic carbocycles. The predicted molar refractivity (Wildman–Crippen MR) is 98.0 cm³/mol. The number of carboxylic acids is 1. The van der Waals surface area contributed by atoms with E-state index in [-0.39, 0.29) is 24.2 Å². The van der Waals surface area contributed by atoms with Gasteiger partial charge in [-0.1, -0.05) is 25.3 Å². The summed E-state index contributed by atoms with van der Waals surface area (Å²) in [6.07, 6.45) is 5.55. The third kappa shape index (κ3) is 3.74. The van der Waals surface area contributed by atoms with Crippen molar-refractivity contribution < 1.29 is 19.5 Å². The highest BCUT2D eigenvalue weighted by molar-refractivity contribution is 6.01. The van der Waals surface area contributed by atoms with Gasteiger partial charge < -0.3 is 15.7 Å². The Morgan fingerprint density at radius 3 is 2.69 bits per heavy atom. The molecule has 2 amide bonds. The van der Waals surface area contributed by atoms with E-state index in [1.165, 1.54) is 0 Å². The Balaban J connectivity index is 1.82. The summed E-state index contributed by atoms with van der Waals surface area (Å²) in [6, 6.07) is 5.33. The quantitative estimate of drug-likeness (QED) is 0.754. The molecule has 1 atom stereocenters. The lowest BCUT2D eigenvalue weighted by molar-refractivity contribution is -0.145. The number of hydrogen-bond acceptors (Lipinski definition) is 3. The molecule has 0 bridgehead atoms. The van der Waals surface area contributed by atoms with Crippen molar-refractivity contribution in [3.8, 4) is 0 Å². The summed E-state index contributed by atoms with van der Waals surface area (Å²) >= 11 is 0. The molecule has 0 spiro atoms. The van der Waals surface area contributed by atoms with Gasteiger partial charge in [0.15, 0.2) is 0 Å². The van der Waals surface area contributed by atoms with Crippen molar-refractivity contribution in [1.82, 2.24) is 5.32 Å². The number of benzene rings is 1. The SMILES string of the molecule is C[C@@](CC(=O)O)(C(=O)Nc1ccc2c(c1)C(=O)NCC2)C1CCCCC1. The van der Waals surface area contributed by atoms with Crippen LogP contribution in [0, 0.1) is 11.3 Å². The van der Waals surface area contributed by atoms with Gasteiger partial charge in [0.25, 0.3) is 5.91 Å². The molecule has 26 heavy (non-hydrogen) atoms. The highest BCUT2D eigenvalue weighted by Crippen LogP contribution is 2.42. The molecule has 0 saturated heterocycles. The summed E-state index contributed by atoms with van der Waals surface area (Å²) in [5.41, 5.74) is 1.13. The fourth-order valence-corrected chi connectivity index (χ4v) is 4.23. The number of fused-ring (bicyclic) bond motifs is 1. The van der Waals surface area contributed by atoms with Gasteiger partial charge in [-0.15, -0.1) is 0 Å². The fraction of sp³-hybridized carbons (Fsp3) is 0.550. The normalized spacial score (nSPS) is 19.8. The van der Waals surface area contributed by atoms with Crippen molar-refractivity contribution >= 4 is 23.5 Å². The van der Waals surface area contributed by atoms with E-state index in [1.54, 1.807) is 19.1 Å². The highest BCUT2D eigenvalue weighted by atomic mass is 16.4. The lowest BCUT2D eigenvalue weighted by atomic mass is 9.67. The number of carboxylic acid groups (broad SMARTS) is 1. The number of anilines is 1. The second-order valence-corrected chi connectivity index (χ2v) is 7.65. The molecule has 3 N–H and O–H groups in total. The molecular weight excluding hydrogens is 332 g/mol. The average Bonchev–Trinajstić information content (AvgIpc) is 2.62. The van der Waals surface area contributed by atoms with Gasteiger partial charge in [0.1, 0.15) is 0 Å². The zero-order valence-corrected chi connectivity index (χ0v) is 15.1. The zero-order valence-electron chi connectivity index (χ0n) is 15.1. The van der Waals surface area contributed by atoms with Gasteiger partial charge in [-0.25, -0.2) is 0 Å². The zero-order chi connectivity index (χ0) is 18.7. The summed E-state index contributed by atoms with van der Waals surface area (Å²) in [6.45, 7) is 2.38. The van der Waals surface area contributed by atoms with E-state index in [4.69, 9.17) is 0 Å². The molecule has 6 nitrogen and oxygen atoms in total. The van der Waals surface area contributed by atoms with Gasteiger partial charge in [0.2, 0.25) is 5.91 Å². The molecule has 140 valence electrons. The lowest BCUT2D eigenvalue weighted by Gasteiger charge is -2.37. The van der Waals surface area contributed by atoms with Crippen LogP contribution in [-0.4, -0.2) is 29.4 Å². The first-order valence-corrected chi connectivity index (χ1v) is 9.34. The first kappa shape index (κ1) is 18.4. The molecule has 0 aromatic heterocycles. The Morgan fingerprint density at radius 1 is 1.27 bits per heavy atom. The molecule has 1 fully saturated rings. The summed E-state index contributed by atoms with van der Waals surface area (Å²) in [7, 11) is 0. The Hall–Kier alpha value is -2.37. The van der Waals surface area contributed by atoms with Crippen molar-refractivity contribution in [2.75, 3.05) is 11.9 Å². The maximum atomic E-state index is 13.0. The van der Waals surface area contributed by atoms with Gasteiger partial charge in [-0.05, 0) is 49.8 Å². The van der Waals surface area contributed by atoms with Crippen LogP contribution in [-0.2, 0) is 16.0 Å². The number of rotatable bonds is 5. The van der Waals surface area contributed by atoms with E-state index in [1.807, 2.05) is 6.07 Å². The molecule has 1 aromatic rings. The number of hydrogen-bond donors (Lipinski definition) is 3. The minimum absolute atomic E-state index is 0.0632. The van der Waals surface area contributed by atoms with Crippen molar-refractivity contribution in [2.24, 2.45) is 11.3 Å². The topological polar surface area (TPSA) is 95.5 Å². The number of amides is 2. The van der Waals surface area contributed by atoms with E-state index >= 15 is 0 Å². The smallest absolute Gasteiger partial charge is 0.304 e. The van der Waals surface area contributed by atoms with E-state index < -0.39 is 11.4 Å². The van der Waals surface area contributed by atoms with Crippen LogP contribution in [0.25, 0.3) is 0 Å². The van der Waals surface area contributed by atoms with Crippen LogP contribution < -0.4 is 10.6 Å². The molecule has 1 aliphatic carbocycles. The molecule has 3 rings (SSSR count). The highest BCUT2D eigenvalue weighted by Gasteiger charge is 2.43. The van der Waals surface area contributed by atoms with Crippen molar-refractivity contribution in [1.29, 1.82) is 0 Å². The van der Waals surface area contributed by atoms with Gasteiger partial charge in [0, 0.05) is 17.8 Å². The Morgan fingerprint density at radius 2 is 2.00 bits per heavy atom. The van der Waals surface area contributed by atoms with Crippen LogP contribution in [0.1, 0.15) is 61.4 Å². The Kier molecular flexibility index (Phi) is 5.30. The van der Waals surface area contributed by atoms with E-state index in [0.29, 0.717) is 17.8 Å². The van der Waals surface area contributed by atoms with Crippen LogP contribution in [0.2, 0.25) is 0 Å². The minimum Gasteiger partial charge on any atom is -0.481 e. The molecule has 0 unspecified atom stereocenters. The number of carbonyl (C=O) groups excluding carboxylic acids is 2. The molecular formula is C20H26N2O4. The standard InChI is InChI=1S/C20H26N2O4/c1-20(12-17(23)24,14-5-3-2-4-6-14)19(26)22-15-8-7-13-9-10-21-18(25)16(13)11-15/h7-8,11,14H,2-6,9-10,12H2,1H3,(H,21,25)(H,22,26)(H,23,24)/t20-/m0/s1. The molecule has 0 radical (unpaired) electrons.